The molecular weight excluding hydrogens is 274 g/mol. The summed E-state index contributed by atoms with van der Waals surface area (Å²) in [4.78, 5) is 9.46. The zero-order valence-corrected chi connectivity index (χ0v) is 11.4. The zero-order chi connectivity index (χ0) is 10.7. The SMILES string of the molecule is CCN1CCN(c2nc(CBr)cs2)CC1. The van der Waals surface area contributed by atoms with Gasteiger partial charge in [0.15, 0.2) is 5.13 Å². The first kappa shape index (κ1) is 11.4. The summed E-state index contributed by atoms with van der Waals surface area (Å²) < 4.78 is 0. The molecule has 1 fully saturated rings. The van der Waals surface area contributed by atoms with E-state index >= 15 is 0 Å². The molecular formula is C10H16BrN3S. The van der Waals surface area contributed by atoms with E-state index in [0.29, 0.717) is 0 Å². The Morgan fingerprint density at radius 3 is 2.67 bits per heavy atom. The van der Waals surface area contributed by atoms with Crippen molar-refractivity contribution >= 4 is 32.4 Å². The minimum absolute atomic E-state index is 0.860. The van der Waals surface area contributed by atoms with Gasteiger partial charge in [0.1, 0.15) is 0 Å². The van der Waals surface area contributed by atoms with Crippen LogP contribution in [-0.4, -0.2) is 42.6 Å². The highest BCUT2D eigenvalue weighted by Crippen LogP contribution is 2.22. The maximum atomic E-state index is 4.58. The van der Waals surface area contributed by atoms with E-state index in [1.54, 1.807) is 11.3 Å². The average Bonchev–Trinajstić information content (AvgIpc) is 2.78. The van der Waals surface area contributed by atoms with Gasteiger partial charge in [-0.2, -0.15) is 0 Å². The smallest absolute Gasteiger partial charge is 0.185 e. The Morgan fingerprint density at radius 2 is 2.13 bits per heavy atom. The van der Waals surface area contributed by atoms with Gasteiger partial charge in [-0.25, -0.2) is 4.98 Å². The number of thiazole rings is 1. The van der Waals surface area contributed by atoms with Gasteiger partial charge >= 0.3 is 0 Å². The van der Waals surface area contributed by atoms with Crippen LogP contribution >= 0.6 is 27.3 Å². The number of halogens is 1. The van der Waals surface area contributed by atoms with Gasteiger partial charge in [0.25, 0.3) is 0 Å². The molecule has 2 heterocycles. The second-order valence-corrected chi connectivity index (χ2v) is 5.07. The van der Waals surface area contributed by atoms with E-state index in [0.717, 1.165) is 24.1 Å². The molecule has 84 valence electrons. The molecule has 5 heteroatoms. The number of aromatic nitrogens is 1. The average molecular weight is 290 g/mol. The largest absolute Gasteiger partial charge is 0.346 e. The third kappa shape index (κ3) is 2.71. The summed E-state index contributed by atoms with van der Waals surface area (Å²) in [7, 11) is 0. The molecule has 15 heavy (non-hydrogen) atoms. The predicted molar refractivity (Wildman–Crippen MR) is 69.1 cm³/mol. The van der Waals surface area contributed by atoms with Gasteiger partial charge in [-0.1, -0.05) is 22.9 Å². The van der Waals surface area contributed by atoms with Gasteiger partial charge < -0.3 is 9.80 Å². The maximum Gasteiger partial charge on any atom is 0.185 e. The summed E-state index contributed by atoms with van der Waals surface area (Å²) in [6.45, 7) is 7.95. The number of likely N-dealkylation sites (N-methyl/N-ethyl adjacent to an activating group) is 1. The van der Waals surface area contributed by atoms with Crippen LogP contribution in [0.15, 0.2) is 5.38 Å². The summed E-state index contributed by atoms with van der Waals surface area (Å²) in [5.41, 5.74) is 1.15. The summed E-state index contributed by atoms with van der Waals surface area (Å²) in [6.07, 6.45) is 0. The van der Waals surface area contributed by atoms with Crippen molar-refractivity contribution in [3.05, 3.63) is 11.1 Å². The fourth-order valence-corrected chi connectivity index (χ4v) is 3.14. The van der Waals surface area contributed by atoms with E-state index in [1.165, 1.54) is 24.8 Å². The van der Waals surface area contributed by atoms with Gasteiger partial charge in [0.05, 0.1) is 5.69 Å². The van der Waals surface area contributed by atoms with Crippen molar-refractivity contribution in [1.82, 2.24) is 9.88 Å². The Balaban J connectivity index is 1.95. The van der Waals surface area contributed by atoms with Crippen LogP contribution in [0.2, 0.25) is 0 Å². The van der Waals surface area contributed by atoms with Crippen LogP contribution in [0.4, 0.5) is 5.13 Å². The second-order valence-electron chi connectivity index (χ2n) is 3.68. The molecule has 0 bridgehead atoms. The van der Waals surface area contributed by atoms with Gasteiger partial charge in [-0.3, -0.25) is 0 Å². The van der Waals surface area contributed by atoms with E-state index in [-0.39, 0.29) is 0 Å². The van der Waals surface area contributed by atoms with Crippen LogP contribution in [0.1, 0.15) is 12.6 Å². The van der Waals surface area contributed by atoms with Crippen molar-refractivity contribution in [3.8, 4) is 0 Å². The number of piperazine rings is 1. The van der Waals surface area contributed by atoms with Crippen LogP contribution in [0, 0.1) is 0 Å². The number of rotatable bonds is 3. The number of nitrogens with zero attached hydrogens (tertiary/aromatic N) is 3. The van der Waals surface area contributed by atoms with Crippen molar-refractivity contribution in [2.45, 2.75) is 12.3 Å². The molecule has 1 aromatic rings. The predicted octanol–water partition coefficient (Wildman–Crippen LogP) is 2.18. The normalized spacial score (nSPS) is 18.4. The number of hydrogen-bond donors (Lipinski definition) is 0. The molecule has 0 unspecified atom stereocenters. The Labute approximate surface area is 103 Å². The first-order valence-corrected chi connectivity index (χ1v) is 7.31. The Bertz CT molecular complexity index is 307. The Kier molecular flexibility index (Phi) is 3.99. The molecule has 1 aliphatic heterocycles. The Hall–Kier alpha value is -0.130. The minimum atomic E-state index is 0.860. The Morgan fingerprint density at radius 1 is 1.40 bits per heavy atom. The number of alkyl halides is 1. The third-order valence-corrected chi connectivity index (χ3v) is 4.29. The fraction of sp³-hybridized carbons (Fsp3) is 0.700. The molecule has 0 atom stereocenters. The fourth-order valence-electron chi connectivity index (χ4n) is 1.76. The molecule has 3 nitrogen and oxygen atoms in total. The van der Waals surface area contributed by atoms with Crippen molar-refractivity contribution in [1.29, 1.82) is 0 Å². The number of anilines is 1. The summed E-state index contributed by atoms with van der Waals surface area (Å²) in [5.74, 6) is 0. The molecule has 0 aromatic carbocycles. The van der Waals surface area contributed by atoms with Crippen LogP contribution in [0.25, 0.3) is 0 Å². The van der Waals surface area contributed by atoms with E-state index in [1.807, 2.05) is 0 Å². The molecule has 0 spiro atoms. The quantitative estimate of drug-likeness (QED) is 0.795. The summed E-state index contributed by atoms with van der Waals surface area (Å²) >= 11 is 5.19. The second kappa shape index (κ2) is 5.27. The van der Waals surface area contributed by atoms with Crippen LogP contribution < -0.4 is 4.90 Å². The molecule has 0 radical (unpaired) electrons. The first-order valence-electron chi connectivity index (χ1n) is 5.31. The molecule has 2 rings (SSSR count). The lowest BCUT2D eigenvalue weighted by atomic mass is 10.3. The van der Waals surface area contributed by atoms with Crippen molar-refractivity contribution in [2.24, 2.45) is 0 Å². The zero-order valence-electron chi connectivity index (χ0n) is 8.95. The van der Waals surface area contributed by atoms with E-state index in [9.17, 15) is 0 Å². The van der Waals surface area contributed by atoms with E-state index in [4.69, 9.17) is 0 Å². The van der Waals surface area contributed by atoms with Crippen molar-refractivity contribution in [3.63, 3.8) is 0 Å². The standard InChI is InChI=1S/C10H16BrN3S/c1-2-13-3-5-14(6-4-13)10-12-9(7-11)8-15-10/h8H,2-7H2,1H3. The highest BCUT2D eigenvalue weighted by atomic mass is 79.9. The monoisotopic (exact) mass is 289 g/mol. The summed E-state index contributed by atoms with van der Waals surface area (Å²) in [5, 5.41) is 4.18. The minimum Gasteiger partial charge on any atom is -0.346 e. The van der Waals surface area contributed by atoms with Crippen molar-refractivity contribution in [2.75, 3.05) is 37.6 Å². The lowest BCUT2D eigenvalue weighted by Crippen LogP contribution is -2.46. The van der Waals surface area contributed by atoms with Gasteiger partial charge in [0, 0.05) is 36.9 Å². The molecule has 0 amide bonds. The molecule has 0 aliphatic carbocycles. The molecule has 1 aliphatic rings. The molecule has 0 N–H and O–H groups in total. The molecule has 1 saturated heterocycles. The van der Waals surface area contributed by atoms with Crippen molar-refractivity contribution < 1.29 is 0 Å². The van der Waals surface area contributed by atoms with Crippen LogP contribution in [0.3, 0.4) is 0 Å². The van der Waals surface area contributed by atoms with E-state index < -0.39 is 0 Å². The van der Waals surface area contributed by atoms with Crippen LogP contribution in [-0.2, 0) is 5.33 Å². The van der Waals surface area contributed by atoms with E-state index in [2.05, 4.69) is 43.0 Å². The lowest BCUT2D eigenvalue weighted by molar-refractivity contribution is 0.271. The lowest BCUT2D eigenvalue weighted by Gasteiger charge is -2.33. The summed E-state index contributed by atoms with van der Waals surface area (Å²) in [6, 6.07) is 0. The first-order chi connectivity index (χ1) is 7.33. The molecule has 0 saturated carbocycles. The van der Waals surface area contributed by atoms with Gasteiger partial charge in [-0.15, -0.1) is 11.3 Å². The number of hydrogen-bond acceptors (Lipinski definition) is 4. The van der Waals surface area contributed by atoms with Gasteiger partial charge in [-0.05, 0) is 6.54 Å². The topological polar surface area (TPSA) is 19.4 Å². The third-order valence-electron chi connectivity index (χ3n) is 2.77. The maximum absolute atomic E-state index is 4.58. The highest BCUT2D eigenvalue weighted by molar-refractivity contribution is 9.08. The highest BCUT2D eigenvalue weighted by Gasteiger charge is 2.17. The molecule has 1 aromatic heterocycles. The van der Waals surface area contributed by atoms with Gasteiger partial charge in [0.2, 0.25) is 0 Å². The van der Waals surface area contributed by atoms with Crippen LogP contribution in [0.5, 0.6) is 0 Å².